The number of hydrogen-bond donors (Lipinski definition) is 0. The summed E-state index contributed by atoms with van der Waals surface area (Å²) >= 11 is 1.73. The highest BCUT2D eigenvalue weighted by Crippen LogP contribution is 2.29. The van der Waals surface area contributed by atoms with E-state index in [4.69, 9.17) is 0 Å². The maximum absolute atomic E-state index is 12.2. The zero-order valence-corrected chi connectivity index (χ0v) is 10.4. The molecule has 1 unspecified atom stereocenters. The monoisotopic (exact) mass is 242 g/mol. The van der Waals surface area contributed by atoms with Crippen LogP contribution in [0.2, 0.25) is 0 Å². The molecule has 1 nitrogen and oxygen atoms in total. The Hall–Kier alpha value is -1.41. The summed E-state index contributed by atoms with van der Waals surface area (Å²) in [6, 6.07) is 10.2. The highest BCUT2D eigenvalue weighted by molar-refractivity contribution is 7.07. The van der Waals surface area contributed by atoms with Crippen molar-refractivity contribution in [2.24, 2.45) is 5.92 Å². The second kappa shape index (κ2) is 4.46. The number of thiophene rings is 1. The van der Waals surface area contributed by atoms with Gasteiger partial charge in [0.25, 0.3) is 0 Å². The molecule has 0 fully saturated rings. The number of Topliss-reactive ketones (excluding diaryl/α,β-unsaturated/α-hetero) is 1. The van der Waals surface area contributed by atoms with E-state index in [1.54, 1.807) is 11.3 Å². The third-order valence-corrected chi connectivity index (χ3v) is 4.21. The van der Waals surface area contributed by atoms with Gasteiger partial charge in [-0.25, -0.2) is 0 Å². The maximum atomic E-state index is 12.2. The van der Waals surface area contributed by atoms with Gasteiger partial charge in [0.05, 0.1) is 0 Å². The molecule has 0 radical (unpaired) electrons. The molecule has 0 N–H and O–H groups in total. The van der Waals surface area contributed by atoms with Crippen molar-refractivity contribution >= 4 is 17.1 Å². The Kier molecular flexibility index (Phi) is 2.81. The van der Waals surface area contributed by atoms with Crippen molar-refractivity contribution in [3.63, 3.8) is 0 Å². The van der Waals surface area contributed by atoms with Crippen molar-refractivity contribution in [1.82, 2.24) is 0 Å². The number of ketones is 1. The molecule has 1 atom stereocenters. The Morgan fingerprint density at radius 3 is 2.88 bits per heavy atom. The standard InChI is InChI=1S/C15H14OS/c16-15-13(6-5-11-7-8-17-10-11)9-12-3-1-2-4-14(12)15/h1-4,7-8,10,13H,5-6,9H2. The van der Waals surface area contributed by atoms with E-state index >= 15 is 0 Å². The van der Waals surface area contributed by atoms with Gasteiger partial charge in [0.2, 0.25) is 0 Å². The van der Waals surface area contributed by atoms with Crippen LogP contribution in [0.3, 0.4) is 0 Å². The molecule has 0 aliphatic heterocycles. The average molecular weight is 242 g/mol. The van der Waals surface area contributed by atoms with Crippen LogP contribution in [0.1, 0.15) is 27.9 Å². The van der Waals surface area contributed by atoms with Gasteiger partial charge in [0.1, 0.15) is 0 Å². The van der Waals surface area contributed by atoms with Gasteiger partial charge in [-0.05, 0) is 47.2 Å². The summed E-state index contributed by atoms with van der Waals surface area (Å²) in [6.07, 6.45) is 2.93. The van der Waals surface area contributed by atoms with Crippen LogP contribution in [-0.4, -0.2) is 5.78 Å². The predicted molar refractivity (Wildman–Crippen MR) is 70.6 cm³/mol. The Morgan fingerprint density at radius 2 is 2.12 bits per heavy atom. The maximum Gasteiger partial charge on any atom is 0.166 e. The number of carbonyl (C=O) groups excluding carboxylic acids is 1. The van der Waals surface area contributed by atoms with E-state index in [1.807, 2.05) is 18.2 Å². The lowest BCUT2D eigenvalue weighted by atomic mass is 9.97. The zero-order valence-electron chi connectivity index (χ0n) is 9.56. The van der Waals surface area contributed by atoms with E-state index in [-0.39, 0.29) is 5.92 Å². The summed E-state index contributed by atoms with van der Waals surface area (Å²) in [5.74, 6) is 0.545. The Balaban J connectivity index is 1.70. The highest BCUT2D eigenvalue weighted by atomic mass is 32.1. The number of aryl methyl sites for hydroxylation is 1. The minimum absolute atomic E-state index is 0.201. The number of carbonyl (C=O) groups is 1. The van der Waals surface area contributed by atoms with Gasteiger partial charge in [-0.15, -0.1) is 0 Å². The van der Waals surface area contributed by atoms with Crippen LogP contribution in [-0.2, 0) is 12.8 Å². The lowest BCUT2D eigenvalue weighted by Gasteiger charge is -2.06. The normalized spacial score (nSPS) is 18.4. The average Bonchev–Trinajstić information content (AvgIpc) is 2.96. The molecule has 17 heavy (non-hydrogen) atoms. The van der Waals surface area contributed by atoms with Crippen molar-refractivity contribution in [3.05, 3.63) is 57.8 Å². The summed E-state index contributed by atoms with van der Waals surface area (Å²) in [4.78, 5) is 12.2. The SMILES string of the molecule is O=C1c2ccccc2CC1CCc1ccsc1. The van der Waals surface area contributed by atoms with Crippen molar-refractivity contribution in [3.8, 4) is 0 Å². The van der Waals surface area contributed by atoms with Crippen molar-refractivity contribution in [2.45, 2.75) is 19.3 Å². The molecule has 86 valence electrons. The first-order valence-electron chi connectivity index (χ1n) is 5.98. The number of fused-ring (bicyclic) bond motifs is 1. The smallest absolute Gasteiger partial charge is 0.166 e. The molecule has 0 saturated carbocycles. The molecule has 2 aromatic rings. The third-order valence-electron chi connectivity index (χ3n) is 3.48. The first-order chi connectivity index (χ1) is 8.34. The van der Waals surface area contributed by atoms with Gasteiger partial charge in [-0.3, -0.25) is 4.79 Å². The minimum atomic E-state index is 0.201. The molecular weight excluding hydrogens is 228 g/mol. The van der Waals surface area contributed by atoms with Crippen LogP contribution in [0, 0.1) is 5.92 Å². The summed E-state index contributed by atoms with van der Waals surface area (Å²) < 4.78 is 0. The summed E-state index contributed by atoms with van der Waals surface area (Å²) in [6.45, 7) is 0. The Morgan fingerprint density at radius 1 is 1.24 bits per heavy atom. The topological polar surface area (TPSA) is 17.1 Å². The van der Waals surface area contributed by atoms with E-state index in [0.29, 0.717) is 5.78 Å². The van der Waals surface area contributed by atoms with Gasteiger partial charge in [-0.1, -0.05) is 24.3 Å². The fraction of sp³-hybridized carbons (Fsp3) is 0.267. The van der Waals surface area contributed by atoms with Crippen LogP contribution in [0.5, 0.6) is 0 Å². The second-order valence-electron chi connectivity index (χ2n) is 4.59. The van der Waals surface area contributed by atoms with Crippen molar-refractivity contribution < 1.29 is 4.79 Å². The van der Waals surface area contributed by atoms with Crippen molar-refractivity contribution in [2.75, 3.05) is 0 Å². The summed E-state index contributed by atoms with van der Waals surface area (Å²) in [5.41, 5.74) is 3.54. The zero-order chi connectivity index (χ0) is 11.7. The minimum Gasteiger partial charge on any atom is -0.294 e. The van der Waals surface area contributed by atoms with Gasteiger partial charge in [0.15, 0.2) is 5.78 Å². The predicted octanol–water partition coefficient (Wildman–Crippen LogP) is 3.74. The first kappa shape index (κ1) is 10.7. The van der Waals surface area contributed by atoms with Gasteiger partial charge >= 0.3 is 0 Å². The lowest BCUT2D eigenvalue weighted by molar-refractivity contribution is 0.0931. The van der Waals surface area contributed by atoms with Gasteiger partial charge < -0.3 is 0 Å². The van der Waals surface area contributed by atoms with Gasteiger partial charge in [0, 0.05) is 11.5 Å². The fourth-order valence-electron chi connectivity index (χ4n) is 2.53. The van der Waals surface area contributed by atoms with Crippen molar-refractivity contribution in [1.29, 1.82) is 0 Å². The van der Waals surface area contributed by atoms with Crippen LogP contribution >= 0.6 is 11.3 Å². The molecule has 1 heterocycles. The van der Waals surface area contributed by atoms with E-state index in [2.05, 4.69) is 22.9 Å². The molecule has 1 aromatic carbocycles. The van der Waals surface area contributed by atoms with Crippen LogP contribution in [0.4, 0.5) is 0 Å². The quantitative estimate of drug-likeness (QED) is 0.801. The van der Waals surface area contributed by atoms with Gasteiger partial charge in [-0.2, -0.15) is 11.3 Å². The fourth-order valence-corrected chi connectivity index (χ4v) is 3.23. The Labute approximate surface area is 105 Å². The van der Waals surface area contributed by atoms with Crippen LogP contribution in [0.25, 0.3) is 0 Å². The number of hydrogen-bond acceptors (Lipinski definition) is 2. The van der Waals surface area contributed by atoms with E-state index in [0.717, 1.165) is 24.8 Å². The van der Waals surface area contributed by atoms with E-state index in [9.17, 15) is 4.79 Å². The summed E-state index contributed by atoms with van der Waals surface area (Å²) in [5, 5.41) is 4.27. The third kappa shape index (κ3) is 2.05. The summed E-state index contributed by atoms with van der Waals surface area (Å²) in [7, 11) is 0. The van der Waals surface area contributed by atoms with Crippen LogP contribution in [0.15, 0.2) is 41.1 Å². The number of rotatable bonds is 3. The second-order valence-corrected chi connectivity index (χ2v) is 5.37. The number of benzene rings is 1. The molecule has 1 aliphatic carbocycles. The molecule has 2 heteroatoms. The Bertz CT molecular complexity index is 528. The largest absolute Gasteiger partial charge is 0.294 e. The molecule has 0 saturated heterocycles. The van der Waals surface area contributed by atoms with E-state index < -0.39 is 0 Å². The molecule has 0 amide bonds. The van der Waals surface area contributed by atoms with Crippen LogP contribution < -0.4 is 0 Å². The molecule has 3 rings (SSSR count). The first-order valence-corrected chi connectivity index (χ1v) is 6.92. The molecule has 1 aliphatic rings. The van der Waals surface area contributed by atoms with E-state index in [1.165, 1.54) is 11.1 Å². The lowest BCUT2D eigenvalue weighted by Crippen LogP contribution is -2.09. The molecule has 1 aromatic heterocycles. The molecule has 0 spiro atoms. The molecular formula is C15H14OS. The molecule has 0 bridgehead atoms. The highest BCUT2D eigenvalue weighted by Gasteiger charge is 2.29.